The highest BCUT2D eigenvalue weighted by molar-refractivity contribution is 6.74. The molecular weight excluding hydrogens is 1790 g/mol. The molecule has 0 atom stereocenters. The number of hydrogen-bond donors (Lipinski definition) is 0. The first-order valence-corrected chi connectivity index (χ1v) is 58.2. The van der Waals surface area contributed by atoms with E-state index in [0.717, 1.165) is 33.4 Å². The maximum atomic E-state index is 8.05. The maximum absolute atomic E-state index is 8.05. The predicted molar refractivity (Wildman–Crippen MR) is 574 cm³/mol. The van der Waals surface area contributed by atoms with Crippen LogP contribution in [0, 0.1) is 0 Å². The summed E-state index contributed by atoms with van der Waals surface area (Å²) in [5.41, 5.74) is 19.4. The zero-order chi connectivity index (χ0) is 96.4. The second-order valence-corrected chi connectivity index (χ2v) is 51.2. The van der Waals surface area contributed by atoms with Gasteiger partial charge in [0, 0.05) is 84.4 Å². The lowest BCUT2D eigenvalue weighted by Gasteiger charge is -2.35. The van der Waals surface area contributed by atoms with E-state index in [-0.39, 0.29) is 0 Å². The van der Waals surface area contributed by atoms with Crippen LogP contribution in [0.4, 0.5) is 0 Å². The second kappa shape index (κ2) is 46.6. The van der Waals surface area contributed by atoms with Crippen molar-refractivity contribution in [3.63, 3.8) is 0 Å². The first-order chi connectivity index (χ1) is 68.7. The Hall–Kier alpha value is -14.8. The van der Waals surface area contributed by atoms with Crippen LogP contribution in [0.3, 0.4) is 0 Å². The predicted octanol–water partition coefficient (Wildman–Crippen LogP) is 26.8. The van der Waals surface area contributed by atoms with Crippen LogP contribution >= 0.6 is 0 Å². The van der Waals surface area contributed by atoms with Gasteiger partial charge in [-0.1, -0.05) is 388 Å². The average molecular weight is 1920 g/mol. The monoisotopic (exact) mass is 1910 g/mol. The fourth-order valence-corrected chi connectivity index (χ4v) is 37.0. The fraction of sp³-hybridized carbons (Fsp3) is 0.177. The van der Waals surface area contributed by atoms with Crippen molar-refractivity contribution in [3.05, 3.63) is 537 Å². The van der Waals surface area contributed by atoms with Gasteiger partial charge in [-0.05, 0) is 149 Å². The van der Waals surface area contributed by atoms with E-state index in [1.54, 1.807) is 56.9 Å². The van der Waals surface area contributed by atoms with Gasteiger partial charge in [0.25, 0.3) is 33.3 Å². The molecule has 0 radical (unpaired) electrons. The molecule has 17 aromatic carbocycles. The van der Waals surface area contributed by atoms with Crippen molar-refractivity contribution >= 4 is 33.3 Å². The third-order valence-corrected chi connectivity index (χ3v) is 41.8. The normalized spacial score (nSPS) is 11.6. The van der Waals surface area contributed by atoms with Gasteiger partial charge in [-0.2, -0.15) is 0 Å². The lowest BCUT2D eigenvalue weighted by molar-refractivity contribution is 0.355. The Labute approximate surface area is 830 Å². The molecule has 0 aliphatic heterocycles. The number of ether oxygens (including phenoxy) is 8. The number of rotatable bonds is 46. The minimum Gasteiger partial charge on any atom is -0.537 e. The average Bonchev–Trinajstić information content (AvgIpc) is 0.752. The molecule has 140 heavy (non-hydrogen) atoms. The largest absolute Gasteiger partial charge is 0.537 e. The molecule has 12 nitrogen and oxygen atoms in total. The second-order valence-electron chi connectivity index (χ2n) is 36.6. The van der Waals surface area contributed by atoms with Crippen LogP contribution in [0.25, 0.3) is 0 Å². The zero-order valence-electron chi connectivity index (χ0n) is 81.1. The number of benzene rings is 17. The molecule has 0 heterocycles. The maximum Gasteiger partial charge on any atom is 0.264 e. The van der Waals surface area contributed by atoms with Crippen LogP contribution in [0.5, 0.6) is 69.0 Å². The van der Waals surface area contributed by atoms with E-state index in [0.29, 0.717) is 142 Å². The molecule has 0 aliphatic carbocycles. The summed E-state index contributed by atoms with van der Waals surface area (Å²) in [6.45, 7) is 0. The summed E-state index contributed by atoms with van der Waals surface area (Å²) < 4.78 is 86.7. The molecule has 0 N–H and O–H groups in total. The SMILES string of the molecule is COc1cc(C(c2ccc(C(c3cc(OC)c(O[Si](Cc4ccccc4)(Cc4ccccc4)Cc4ccccc4)c(OC)c3)c3cc(OC)c(O[Si](Cc4ccccc4)(Cc4ccccc4)Cc4ccccc4)c(OC)c3)cc2)c2cc(OC)c(O[Si](Cc3ccccc3)(Cc3ccccc3)Cc3ccccc3)c(OC)c2)cc(OC)c1O[Si](Cc1ccccc1)(Cc1ccccc1)Cc1ccccc1. The van der Waals surface area contributed by atoms with Crippen molar-refractivity contribution in [2.75, 3.05) is 56.9 Å². The van der Waals surface area contributed by atoms with Gasteiger partial charge in [0.15, 0.2) is 69.0 Å². The summed E-state index contributed by atoms with van der Waals surface area (Å²) in [5.74, 6) is 4.97. The Bertz CT molecular complexity index is 5470. The molecule has 0 aliphatic rings. The summed E-state index contributed by atoms with van der Waals surface area (Å²) in [6, 6.07) is 163. The number of methoxy groups -OCH3 is 8. The lowest BCUT2D eigenvalue weighted by atomic mass is 9.81. The highest BCUT2D eigenvalue weighted by Gasteiger charge is 2.46. The van der Waals surface area contributed by atoms with Crippen LogP contribution in [-0.2, 0) is 72.5 Å². The highest BCUT2D eigenvalue weighted by Crippen LogP contribution is 2.53. The molecule has 0 unspecified atom stereocenters. The van der Waals surface area contributed by atoms with Crippen molar-refractivity contribution in [3.8, 4) is 69.0 Å². The van der Waals surface area contributed by atoms with Crippen LogP contribution in [0.2, 0.25) is 0 Å². The van der Waals surface area contributed by atoms with Crippen LogP contribution in [0.15, 0.2) is 437 Å². The molecular formula is C124H122O12Si4. The molecule has 0 spiro atoms. The topological polar surface area (TPSA) is 111 Å². The van der Waals surface area contributed by atoms with E-state index in [1.165, 1.54) is 66.8 Å². The number of hydrogen-bond acceptors (Lipinski definition) is 12. The molecule has 0 fully saturated rings. The molecule has 0 saturated heterocycles. The van der Waals surface area contributed by atoms with E-state index in [4.69, 9.17) is 55.6 Å². The Kier molecular flexibility index (Phi) is 32.2. The molecule has 706 valence electrons. The van der Waals surface area contributed by atoms with Crippen molar-refractivity contribution in [2.45, 2.75) is 84.4 Å². The van der Waals surface area contributed by atoms with E-state index < -0.39 is 45.1 Å². The quantitative estimate of drug-likeness (QED) is 0.0268. The van der Waals surface area contributed by atoms with Gasteiger partial charge in [-0.25, -0.2) is 0 Å². The summed E-state index contributed by atoms with van der Waals surface area (Å²) in [6.07, 6.45) is 0. The fourth-order valence-electron chi connectivity index (χ4n) is 20.4. The third kappa shape index (κ3) is 24.3. The van der Waals surface area contributed by atoms with Gasteiger partial charge < -0.3 is 55.6 Å². The van der Waals surface area contributed by atoms with Gasteiger partial charge in [0.1, 0.15) is 0 Å². The zero-order valence-corrected chi connectivity index (χ0v) is 85.1. The van der Waals surface area contributed by atoms with E-state index in [9.17, 15) is 0 Å². The Balaban J connectivity index is 0.873. The Morgan fingerprint density at radius 3 is 0.350 bits per heavy atom. The smallest absolute Gasteiger partial charge is 0.264 e. The van der Waals surface area contributed by atoms with Crippen molar-refractivity contribution in [2.24, 2.45) is 0 Å². The van der Waals surface area contributed by atoms with Crippen molar-refractivity contribution in [1.29, 1.82) is 0 Å². The molecule has 17 aromatic rings. The lowest BCUT2D eigenvalue weighted by Crippen LogP contribution is -2.50. The van der Waals surface area contributed by atoms with Crippen molar-refractivity contribution < 1.29 is 55.6 Å². The molecule has 0 bridgehead atoms. The van der Waals surface area contributed by atoms with Crippen molar-refractivity contribution in [1.82, 2.24) is 0 Å². The first-order valence-electron chi connectivity index (χ1n) is 48.1. The Morgan fingerprint density at radius 2 is 0.250 bits per heavy atom. The highest BCUT2D eigenvalue weighted by atomic mass is 28.4. The standard InChI is InChI=1S/C124H122O12Si4/c1-125-111-73-107(74-112(126-2)121(111)133-137(81-93-45-21-9-22-46-93,82-94-47-23-10-24-48-94)83-95-49-25-11-26-50-95)119(108-75-113(127-3)122(114(76-108)128-4)134-138(84-96-51-27-12-28-52-96,85-97-53-29-13-30-54-97)86-98-55-31-14-32-56-98)105-69-71-106(72-70-105)120(109-77-115(129-5)123(116(78-109)130-6)135-139(87-99-57-33-15-34-58-99,88-100-59-35-16-36-60-100)89-101-61-37-17-38-62-101)110-79-117(131-7)124(118(80-110)132-8)136-140(90-102-63-39-18-40-64-102,91-103-65-41-19-42-66-103)92-104-67-43-20-44-68-104/h9-80,119-120H,81-92H2,1-8H3. The minimum absolute atomic E-state index is 0.510. The summed E-state index contributed by atoms with van der Waals surface area (Å²) in [5, 5.41) is 0. The van der Waals surface area contributed by atoms with Gasteiger partial charge >= 0.3 is 0 Å². The molecule has 16 heteroatoms. The summed E-state index contributed by atoms with van der Waals surface area (Å²) >= 11 is 0. The van der Waals surface area contributed by atoms with Crippen LogP contribution < -0.4 is 55.6 Å². The van der Waals surface area contributed by atoms with E-state index >= 15 is 0 Å². The first kappa shape index (κ1) is 96.9. The van der Waals surface area contributed by atoms with Gasteiger partial charge in [0.05, 0.1) is 56.9 Å². The molecule has 0 amide bonds. The molecule has 17 rings (SSSR count). The van der Waals surface area contributed by atoms with Crippen LogP contribution in [0.1, 0.15) is 112 Å². The van der Waals surface area contributed by atoms with Gasteiger partial charge in [-0.3, -0.25) is 0 Å². The van der Waals surface area contributed by atoms with Gasteiger partial charge in [-0.15, -0.1) is 0 Å². The minimum atomic E-state index is -3.11. The Morgan fingerprint density at radius 1 is 0.143 bits per heavy atom. The molecule has 0 saturated carbocycles. The summed E-state index contributed by atoms with van der Waals surface area (Å²) in [4.78, 5) is 0. The third-order valence-electron chi connectivity index (χ3n) is 26.6. The van der Waals surface area contributed by atoms with E-state index in [2.05, 4.69) is 437 Å². The molecule has 0 aromatic heterocycles. The van der Waals surface area contributed by atoms with Crippen LogP contribution in [-0.4, -0.2) is 90.1 Å². The van der Waals surface area contributed by atoms with E-state index in [1.807, 2.05) is 0 Å². The van der Waals surface area contributed by atoms with Gasteiger partial charge in [0.2, 0.25) is 0 Å². The summed E-state index contributed by atoms with van der Waals surface area (Å²) in [7, 11) is 1.34.